The molecule has 0 N–H and O–H groups in total. The van der Waals surface area contributed by atoms with Crippen LogP contribution in [0.5, 0.6) is 0 Å². The normalized spacial score (nSPS) is 27.6. The standard InChI is InChI=1S/C16H24N2OS/c1-17(2)8-9-18(11-12-5-4-10-20-12)16(19)15-13-6-3-7-14(13)15/h4-5,10,13-15H,3,6-9,11H2,1-2H3. The minimum Gasteiger partial charge on any atom is -0.336 e. The largest absolute Gasteiger partial charge is 0.336 e. The molecule has 0 bridgehead atoms. The van der Waals surface area contributed by atoms with E-state index in [1.165, 1.54) is 24.1 Å². The van der Waals surface area contributed by atoms with Gasteiger partial charge in [-0.1, -0.05) is 12.5 Å². The molecule has 2 atom stereocenters. The zero-order valence-corrected chi connectivity index (χ0v) is 13.2. The second-order valence-corrected chi connectivity index (χ2v) is 7.46. The SMILES string of the molecule is CN(C)CCN(Cc1cccs1)C(=O)C1C2CCCC21. The molecule has 1 heterocycles. The number of thiophene rings is 1. The zero-order chi connectivity index (χ0) is 14.1. The van der Waals surface area contributed by atoms with Gasteiger partial charge in [-0.2, -0.15) is 0 Å². The topological polar surface area (TPSA) is 23.6 Å². The Morgan fingerprint density at radius 2 is 2.05 bits per heavy atom. The number of hydrogen-bond donors (Lipinski definition) is 0. The Hall–Kier alpha value is -0.870. The van der Waals surface area contributed by atoms with Crippen LogP contribution >= 0.6 is 11.3 Å². The Balaban J connectivity index is 1.63. The van der Waals surface area contributed by atoms with Crippen LogP contribution in [0.4, 0.5) is 0 Å². The fourth-order valence-corrected chi connectivity index (χ4v) is 4.30. The summed E-state index contributed by atoms with van der Waals surface area (Å²) >= 11 is 1.75. The number of amides is 1. The Bertz CT molecular complexity index is 447. The average molecular weight is 292 g/mol. The van der Waals surface area contributed by atoms with Crippen LogP contribution in [0.1, 0.15) is 24.1 Å². The van der Waals surface area contributed by atoms with E-state index in [4.69, 9.17) is 0 Å². The quantitative estimate of drug-likeness (QED) is 0.805. The monoisotopic (exact) mass is 292 g/mol. The number of fused-ring (bicyclic) bond motifs is 1. The number of nitrogens with zero attached hydrogens (tertiary/aromatic N) is 2. The second kappa shape index (κ2) is 5.86. The Labute approximate surface area is 125 Å². The van der Waals surface area contributed by atoms with Crippen molar-refractivity contribution < 1.29 is 4.79 Å². The van der Waals surface area contributed by atoms with Gasteiger partial charge in [-0.15, -0.1) is 11.3 Å². The van der Waals surface area contributed by atoms with E-state index in [9.17, 15) is 4.79 Å². The van der Waals surface area contributed by atoms with Crippen LogP contribution in [0.15, 0.2) is 17.5 Å². The van der Waals surface area contributed by atoms with Gasteiger partial charge in [0, 0.05) is 23.9 Å². The number of likely N-dealkylation sites (N-methyl/N-ethyl adjacent to an activating group) is 1. The third-order valence-electron chi connectivity index (χ3n) is 4.75. The fraction of sp³-hybridized carbons (Fsp3) is 0.688. The van der Waals surface area contributed by atoms with Gasteiger partial charge in [0.15, 0.2) is 0 Å². The van der Waals surface area contributed by atoms with Gasteiger partial charge in [-0.3, -0.25) is 4.79 Å². The molecule has 2 fully saturated rings. The van der Waals surface area contributed by atoms with E-state index < -0.39 is 0 Å². The molecule has 0 aromatic carbocycles. The minimum absolute atomic E-state index is 0.353. The molecule has 1 aromatic rings. The van der Waals surface area contributed by atoms with E-state index in [-0.39, 0.29) is 0 Å². The second-order valence-electron chi connectivity index (χ2n) is 6.43. The Kier molecular flexibility index (Phi) is 4.13. The van der Waals surface area contributed by atoms with Gasteiger partial charge in [0.1, 0.15) is 0 Å². The number of hydrogen-bond acceptors (Lipinski definition) is 3. The molecule has 110 valence electrons. The summed E-state index contributed by atoms with van der Waals surface area (Å²) in [5.41, 5.74) is 0. The summed E-state index contributed by atoms with van der Waals surface area (Å²) in [5, 5.41) is 2.09. The molecule has 2 aliphatic rings. The van der Waals surface area contributed by atoms with Crippen LogP contribution in [0.25, 0.3) is 0 Å². The summed E-state index contributed by atoms with van der Waals surface area (Å²) in [7, 11) is 4.14. The first kappa shape index (κ1) is 14.1. The molecule has 2 unspecified atom stereocenters. The molecule has 3 rings (SSSR count). The van der Waals surface area contributed by atoms with Crippen LogP contribution in [0, 0.1) is 17.8 Å². The first-order valence-electron chi connectivity index (χ1n) is 7.62. The number of carbonyl (C=O) groups is 1. The molecule has 20 heavy (non-hydrogen) atoms. The van der Waals surface area contributed by atoms with Gasteiger partial charge in [-0.25, -0.2) is 0 Å². The zero-order valence-electron chi connectivity index (χ0n) is 12.4. The highest BCUT2D eigenvalue weighted by molar-refractivity contribution is 7.09. The maximum Gasteiger partial charge on any atom is 0.226 e. The molecule has 1 aromatic heterocycles. The summed E-state index contributed by atoms with van der Waals surface area (Å²) < 4.78 is 0. The van der Waals surface area contributed by atoms with Crippen molar-refractivity contribution in [1.29, 1.82) is 0 Å². The van der Waals surface area contributed by atoms with Gasteiger partial charge in [-0.05, 0) is 50.2 Å². The Morgan fingerprint density at radius 1 is 1.30 bits per heavy atom. The first-order chi connectivity index (χ1) is 9.66. The highest BCUT2D eigenvalue weighted by atomic mass is 32.1. The summed E-state index contributed by atoms with van der Waals surface area (Å²) in [6.07, 6.45) is 3.89. The third-order valence-corrected chi connectivity index (χ3v) is 5.61. The van der Waals surface area contributed by atoms with Crippen molar-refractivity contribution in [2.45, 2.75) is 25.8 Å². The van der Waals surface area contributed by atoms with Gasteiger partial charge in [0.2, 0.25) is 5.91 Å². The van der Waals surface area contributed by atoms with Crippen molar-refractivity contribution in [1.82, 2.24) is 9.80 Å². The third kappa shape index (κ3) is 2.91. The highest BCUT2D eigenvalue weighted by Crippen LogP contribution is 2.58. The van der Waals surface area contributed by atoms with E-state index in [1.54, 1.807) is 11.3 Å². The summed E-state index contributed by atoms with van der Waals surface area (Å²) in [5.74, 6) is 2.20. The first-order valence-corrected chi connectivity index (χ1v) is 8.50. The van der Waals surface area contributed by atoms with E-state index in [2.05, 4.69) is 41.4 Å². The lowest BCUT2D eigenvalue weighted by molar-refractivity contribution is -0.134. The maximum atomic E-state index is 12.8. The van der Waals surface area contributed by atoms with E-state index in [1.807, 2.05) is 0 Å². The molecule has 0 saturated heterocycles. The molecule has 4 heteroatoms. The van der Waals surface area contributed by atoms with Gasteiger partial charge >= 0.3 is 0 Å². The van der Waals surface area contributed by atoms with E-state index in [0.717, 1.165) is 19.6 Å². The summed E-state index contributed by atoms with van der Waals surface area (Å²) in [6, 6.07) is 4.20. The van der Waals surface area contributed by atoms with Gasteiger partial charge in [0.05, 0.1) is 6.54 Å². The van der Waals surface area contributed by atoms with Crippen molar-refractivity contribution in [2.24, 2.45) is 17.8 Å². The van der Waals surface area contributed by atoms with Crippen LogP contribution in [-0.4, -0.2) is 42.9 Å². The maximum absolute atomic E-state index is 12.8. The lowest BCUT2D eigenvalue weighted by atomic mass is 10.1. The fourth-order valence-electron chi connectivity index (χ4n) is 3.58. The number of carbonyl (C=O) groups excluding carboxylic acids is 1. The smallest absolute Gasteiger partial charge is 0.226 e. The Morgan fingerprint density at radius 3 is 2.65 bits per heavy atom. The molecule has 1 amide bonds. The van der Waals surface area contributed by atoms with Crippen molar-refractivity contribution in [2.75, 3.05) is 27.2 Å². The predicted molar refractivity (Wildman–Crippen MR) is 82.6 cm³/mol. The highest BCUT2D eigenvalue weighted by Gasteiger charge is 2.57. The van der Waals surface area contributed by atoms with Crippen LogP contribution in [0.2, 0.25) is 0 Å². The van der Waals surface area contributed by atoms with E-state index in [0.29, 0.717) is 23.7 Å². The number of rotatable bonds is 6. The molecule has 0 spiro atoms. The molecular weight excluding hydrogens is 268 g/mol. The van der Waals surface area contributed by atoms with Crippen LogP contribution in [-0.2, 0) is 11.3 Å². The molecule has 3 nitrogen and oxygen atoms in total. The van der Waals surface area contributed by atoms with E-state index >= 15 is 0 Å². The lowest BCUT2D eigenvalue weighted by Gasteiger charge is -2.25. The summed E-state index contributed by atoms with van der Waals surface area (Å²) in [4.78, 5) is 18.3. The van der Waals surface area contributed by atoms with Crippen LogP contribution < -0.4 is 0 Å². The van der Waals surface area contributed by atoms with Gasteiger partial charge < -0.3 is 9.80 Å². The molecule has 0 radical (unpaired) electrons. The van der Waals surface area contributed by atoms with Crippen molar-refractivity contribution in [3.63, 3.8) is 0 Å². The van der Waals surface area contributed by atoms with Crippen molar-refractivity contribution in [3.8, 4) is 0 Å². The van der Waals surface area contributed by atoms with Crippen molar-refractivity contribution >= 4 is 17.2 Å². The molecule has 0 aliphatic heterocycles. The molecule has 2 saturated carbocycles. The molecule has 2 aliphatic carbocycles. The predicted octanol–water partition coefficient (Wildman–Crippen LogP) is 2.68. The molecular formula is C16H24N2OS. The van der Waals surface area contributed by atoms with Crippen molar-refractivity contribution in [3.05, 3.63) is 22.4 Å². The van der Waals surface area contributed by atoms with Gasteiger partial charge in [0.25, 0.3) is 0 Å². The minimum atomic E-state index is 0.353. The average Bonchev–Trinajstić information content (AvgIpc) is 2.86. The lowest BCUT2D eigenvalue weighted by Crippen LogP contribution is -2.37. The van der Waals surface area contributed by atoms with Crippen LogP contribution in [0.3, 0.4) is 0 Å². The summed E-state index contributed by atoms with van der Waals surface area (Å²) in [6.45, 7) is 2.58.